The van der Waals surface area contributed by atoms with Gasteiger partial charge < -0.3 is 15.2 Å². The van der Waals surface area contributed by atoms with Gasteiger partial charge in [0.2, 0.25) is 5.13 Å². The van der Waals surface area contributed by atoms with E-state index in [0.29, 0.717) is 16.6 Å². The number of anilines is 1. The number of pyridine rings is 1. The topological polar surface area (TPSA) is 73.9 Å². The van der Waals surface area contributed by atoms with Crippen LogP contribution in [0.1, 0.15) is 25.1 Å². The molecule has 0 saturated carbocycles. The van der Waals surface area contributed by atoms with Crippen LogP contribution < -0.4 is 10.9 Å². The summed E-state index contributed by atoms with van der Waals surface area (Å²) in [5, 5.41) is 12.9. The van der Waals surface area contributed by atoms with Crippen LogP contribution in [0.5, 0.6) is 0 Å². The van der Waals surface area contributed by atoms with Gasteiger partial charge in [-0.05, 0) is 32.5 Å². The first-order chi connectivity index (χ1) is 10.0. The van der Waals surface area contributed by atoms with Gasteiger partial charge in [0, 0.05) is 31.2 Å². The number of aromatic nitrogens is 3. The minimum atomic E-state index is -0.0782. The van der Waals surface area contributed by atoms with E-state index in [0.717, 1.165) is 30.3 Å². The Morgan fingerprint density at radius 1 is 1.43 bits per heavy atom. The molecule has 112 valence electrons. The molecule has 2 N–H and O–H groups in total. The summed E-state index contributed by atoms with van der Waals surface area (Å²) >= 11 is 1.41. The summed E-state index contributed by atoms with van der Waals surface area (Å²) in [5.41, 5.74) is 2.75. The summed E-state index contributed by atoms with van der Waals surface area (Å²) in [7, 11) is 2.09. The number of H-pyrrole nitrogens is 1. The van der Waals surface area contributed by atoms with E-state index in [4.69, 9.17) is 0 Å². The molecule has 0 atom stereocenters. The molecule has 0 amide bonds. The summed E-state index contributed by atoms with van der Waals surface area (Å²) in [5.74, 6) is 0. The van der Waals surface area contributed by atoms with Gasteiger partial charge in [-0.1, -0.05) is 11.3 Å². The Balaban J connectivity index is 1.97. The van der Waals surface area contributed by atoms with Crippen LogP contribution in [-0.4, -0.2) is 39.7 Å². The zero-order valence-corrected chi connectivity index (χ0v) is 13.3. The first-order valence-corrected chi connectivity index (χ1v) is 7.88. The highest BCUT2D eigenvalue weighted by atomic mass is 32.1. The number of nitrogens with one attached hydrogen (secondary N) is 2. The molecule has 21 heavy (non-hydrogen) atoms. The van der Waals surface area contributed by atoms with Crippen molar-refractivity contribution in [2.24, 2.45) is 0 Å². The van der Waals surface area contributed by atoms with Crippen molar-refractivity contribution in [2.45, 2.75) is 32.9 Å². The number of hydrogen-bond donors (Lipinski definition) is 2. The minimum absolute atomic E-state index is 0.0782. The highest BCUT2D eigenvalue weighted by Gasteiger charge is 2.18. The van der Waals surface area contributed by atoms with Crippen LogP contribution in [0, 0.1) is 0 Å². The van der Waals surface area contributed by atoms with Crippen molar-refractivity contribution < 1.29 is 0 Å². The fraction of sp³-hybridized carbons (Fsp3) is 0.500. The molecule has 0 radical (unpaired) electrons. The average molecular weight is 305 g/mol. The van der Waals surface area contributed by atoms with Gasteiger partial charge >= 0.3 is 0 Å². The maximum Gasteiger partial charge on any atom is 0.258 e. The van der Waals surface area contributed by atoms with Crippen LogP contribution in [0.2, 0.25) is 0 Å². The van der Waals surface area contributed by atoms with E-state index in [2.05, 4.69) is 32.4 Å². The van der Waals surface area contributed by atoms with E-state index in [9.17, 15) is 4.79 Å². The molecule has 0 saturated heterocycles. The quantitative estimate of drug-likeness (QED) is 0.903. The number of likely N-dealkylation sites (N-methyl/N-ethyl adjacent to an activating group) is 1. The number of aromatic amines is 1. The molecule has 3 rings (SSSR count). The molecule has 2 aromatic heterocycles. The molecule has 1 aliphatic rings. The average Bonchev–Trinajstić information content (AvgIpc) is 2.86. The number of hydrogen-bond acceptors (Lipinski definition) is 6. The third-order valence-corrected chi connectivity index (χ3v) is 4.35. The molecule has 0 spiro atoms. The summed E-state index contributed by atoms with van der Waals surface area (Å²) in [6.07, 6.45) is 0.887. The van der Waals surface area contributed by atoms with Crippen LogP contribution >= 0.6 is 11.3 Å². The lowest BCUT2D eigenvalue weighted by Crippen LogP contribution is -2.29. The monoisotopic (exact) mass is 305 g/mol. The van der Waals surface area contributed by atoms with E-state index in [1.54, 1.807) is 0 Å². The Kier molecular flexibility index (Phi) is 3.77. The Hall–Kier alpha value is -1.73. The molecule has 0 aliphatic carbocycles. The largest absolute Gasteiger partial charge is 0.358 e. The van der Waals surface area contributed by atoms with Gasteiger partial charge in [-0.25, -0.2) is 0 Å². The van der Waals surface area contributed by atoms with Gasteiger partial charge in [-0.3, -0.25) is 4.79 Å². The summed E-state index contributed by atoms with van der Waals surface area (Å²) < 4.78 is 0. The van der Waals surface area contributed by atoms with Crippen molar-refractivity contribution >= 4 is 16.5 Å². The van der Waals surface area contributed by atoms with Crippen molar-refractivity contribution in [3.05, 3.63) is 27.7 Å². The van der Waals surface area contributed by atoms with Gasteiger partial charge in [0.1, 0.15) is 0 Å². The van der Waals surface area contributed by atoms with Crippen molar-refractivity contribution in [1.29, 1.82) is 0 Å². The van der Waals surface area contributed by atoms with Crippen molar-refractivity contribution in [2.75, 3.05) is 18.9 Å². The van der Waals surface area contributed by atoms with Crippen molar-refractivity contribution in [1.82, 2.24) is 20.1 Å². The summed E-state index contributed by atoms with van der Waals surface area (Å²) in [6.45, 7) is 5.92. The van der Waals surface area contributed by atoms with Crippen LogP contribution in [0.4, 0.5) is 5.13 Å². The SMILES string of the molecule is CC(C)Nc1nnc(-c2cc3c([nH]c2=O)CCN(C)C3)s1. The normalized spacial score (nSPS) is 15.2. The minimum Gasteiger partial charge on any atom is -0.358 e. The molecule has 0 fully saturated rings. The second-order valence-electron chi connectivity index (χ2n) is 5.72. The lowest BCUT2D eigenvalue weighted by Gasteiger charge is -2.24. The fourth-order valence-corrected chi connectivity index (χ4v) is 3.35. The first-order valence-electron chi connectivity index (χ1n) is 7.07. The zero-order valence-electron chi connectivity index (χ0n) is 12.4. The Morgan fingerprint density at radius 2 is 2.24 bits per heavy atom. The molecule has 2 aromatic rings. The maximum absolute atomic E-state index is 12.3. The number of nitrogens with zero attached hydrogens (tertiary/aromatic N) is 3. The van der Waals surface area contributed by atoms with E-state index >= 15 is 0 Å². The second-order valence-corrected chi connectivity index (χ2v) is 6.69. The molecule has 6 nitrogen and oxygen atoms in total. The highest BCUT2D eigenvalue weighted by molar-refractivity contribution is 7.18. The van der Waals surface area contributed by atoms with Gasteiger partial charge in [0.15, 0.2) is 5.01 Å². The predicted molar refractivity (Wildman–Crippen MR) is 84.8 cm³/mol. The summed E-state index contributed by atoms with van der Waals surface area (Å²) in [4.78, 5) is 17.5. The first kappa shape index (κ1) is 14.2. The lowest BCUT2D eigenvalue weighted by atomic mass is 10.0. The van der Waals surface area contributed by atoms with E-state index < -0.39 is 0 Å². The third-order valence-electron chi connectivity index (χ3n) is 3.47. The summed E-state index contributed by atoms with van der Waals surface area (Å²) in [6, 6.07) is 2.25. The van der Waals surface area contributed by atoms with E-state index in [1.807, 2.05) is 19.9 Å². The zero-order chi connectivity index (χ0) is 15.0. The number of fused-ring (bicyclic) bond motifs is 1. The molecule has 3 heterocycles. The number of rotatable bonds is 3. The Bertz CT molecular complexity index is 706. The third kappa shape index (κ3) is 2.98. The molecule has 0 bridgehead atoms. The standard InChI is InChI=1S/C14H19N5OS/c1-8(2)15-14-18-17-13(21-14)10-6-9-7-19(3)5-4-11(9)16-12(10)20/h6,8H,4-5,7H2,1-3H3,(H,15,18)(H,16,20). The predicted octanol–water partition coefficient (Wildman–Crippen LogP) is 1.70. The smallest absolute Gasteiger partial charge is 0.258 e. The van der Waals surface area contributed by atoms with Gasteiger partial charge in [0.05, 0.1) is 5.56 Å². The second kappa shape index (κ2) is 5.57. The molecule has 0 unspecified atom stereocenters. The van der Waals surface area contributed by atoms with Gasteiger partial charge in [-0.15, -0.1) is 10.2 Å². The fourth-order valence-electron chi connectivity index (χ4n) is 2.44. The van der Waals surface area contributed by atoms with Gasteiger partial charge in [-0.2, -0.15) is 0 Å². The maximum atomic E-state index is 12.3. The van der Waals surface area contributed by atoms with Crippen molar-refractivity contribution in [3.63, 3.8) is 0 Å². The Labute approximate surface area is 127 Å². The molecule has 1 aliphatic heterocycles. The lowest BCUT2D eigenvalue weighted by molar-refractivity contribution is 0.309. The Morgan fingerprint density at radius 3 is 3.00 bits per heavy atom. The van der Waals surface area contributed by atoms with E-state index in [1.165, 1.54) is 16.9 Å². The van der Waals surface area contributed by atoms with Crippen LogP contribution in [0.3, 0.4) is 0 Å². The molecule has 0 aromatic carbocycles. The molecule has 7 heteroatoms. The van der Waals surface area contributed by atoms with Crippen molar-refractivity contribution in [3.8, 4) is 10.6 Å². The molecular weight excluding hydrogens is 286 g/mol. The highest BCUT2D eigenvalue weighted by Crippen LogP contribution is 2.26. The van der Waals surface area contributed by atoms with Gasteiger partial charge in [0.25, 0.3) is 5.56 Å². The van der Waals surface area contributed by atoms with E-state index in [-0.39, 0.29) is 5.56 Å². The van der Waals surface area contributed by atoms with Crippen LogP contribution in [-0.2, 0) is 13.0 Å². The van der Waals surface area contributed by atoms with Crippen LogP contribution in [0.15, 0.2) is 10.9 Å². The van der Waals surface area contributed by atoms with Crippen LogP contribution in [0.25, 0.3) is 10.6 Å². The molecular formula is C14H19N5OS.